The third kappa shape index (κ3) is 3.82. The summed E-state index contributed by atoms with van der Waals surface area (Å²) in [4.78, 5) is 13.8. The zero-order chi connectivity index (χ0) is 11.3. The SMILES string of the molecule is COCCC(=O)N1CCC[C@@H](C(C)C)C1. The number of hydrogen-bond acceptors (Lipinski definition) is 2. The number of rotatable bonds is 4. The van der Waals surface area contributed by atoms with Crippen LogP contribution in [-0.2, 0) is 9.53 Å². The van der Waals surface area contributed by atoms with Crippen molar-refractivity contribution in [1.82, 2.24) is 4.90 Å². The lowest BCUT2D eigenvalue weighted by molar-refractivity contribution is -0.134. The van der Waals surface area contributed by atoms with Crippen LogP contribution in [0.1, 0.15) is 33.1 Å². The minimum Gasteiger partial charge on any atom is -0.384 e. The maximum atomic E-state index is 11.8. The Bertz CT molecular complexity index is 204. The van der Waals surface area contributed by atoms with Crippen LogP contribution in [0.15, 0.2) is 0 Å². The van der Waals surface area contributed by atoms with Gasteiger partial charge in [-0.05, 0) is 24.7 Å². The zero-order valence-corrected chi connectivity index (χ0v) is 10.2. The lowest BCUT2D eigenvalue weighted by Crippen LogP contribution is -2.41. The second-order valence-corrected chi connectivity index (χ2v) is 4.73. The van der Waals surface area contributed by atoms with Gasteiger partial charge in [-0.1, -0.05) is 13.8 Å². The lowest BCUT2D eigenvalue weighted by Gasteiger charge is -2.34. The van der Waals surface area contributed by atoms with Crippen LogP contribution in [0.4, 0.5) is 0 Å². The van der Waals surface area contributed by atoms with Crippen molar-refractivity contribution in [2.45, 2.75) is 33.1 Å². The molecule has 1 atom stereocenters. The van der Waals surface area contributed by atoms with E-state index in [1.165, 1.54) is 6.42 Å². The molecule has 0 aromatic carbocycles. The standard InChI is InChI=1S/C12H23NO2/c1-10(2)11-5-4-7-13(9-11)12(14)6-8-15-3/h10-11H,4-9H2,1-3H3/t11-/m1/s1. The first-order chi connectivity index (χ1) is 7.15. The summed E-state index contributed by atoms with van der Waals surface area (Å²) in [6.45, 7) is 6.91. The molecular formula is C12H23NO2. The predicted octanol–water partition coefficient (Wildman–Crippen LogP) is 1.92. The van der Waals surface area contributed by atoms with E-state index >= 15 is 0 Å². The largest absolute Gasteiger partial charge is 0.384 e. The Morgan fingerprint density at radius 1 is 1.53 bits per heavy atom. The number of ether oxygens (including phenoxy) is 1. The van der Waals surface area contributed by atoms with Gasteiger partial charge < -0.3 is 9.64 Å². The molecule has 0 saturated carbocycles. The Morgan fingerprint density at radius 2 is 2.27 bits per heavy atom. The summed E-state index contributed by atoms with van der Waals surface area (Å²) in [5.41, 5.74) is 0. The molecular weight excluding hydrogens is 190 g/mol. The van der Waals surface area contributed by atoms with Crippen LogP contribution < -0.4 is 0 Å². The fourth-order valence-electron chi connectivity index (χ4n) is 2.13. The van der Waals surface area contributed by atoms with E-state index < -0.39 is 0 Å². The molecule has 0 spiro atoms. The van der Waals surface area contributed by atoms with Crippen molar-refractivity contribution in [2.24, 2.45) is 11.8 Å². The second kappa shape index (κ2) is 6.11. The smallest absolute Gasteiger partial charge is 0.224 e. The molecule has 1 fully saturated rings. The van der Waals surface area contributed by atoms with E-state index in [0.717, 1.165) is 19.5 Å². The van der Waals surface area contributed by atoms with Gasteiger partial charge in [0.1, 0.15) is 0 Å². The molecule has 1 saturated heterocycles. The second-order valence-electron chi connectivity index (χ2n) is 4.73. The Hall–Kier alpha value is -0.570. The third-order valence-electron chi connectivity index (χ3n) is 3.27. The quantitative estimate of drug-likeness (QED) is 0.714. The normalized spacial score (nSPS) is 22.1. The van der Waals surface area contributed by atoms with E-state index in [4.69, 9.17) is 4.74 Å². The van der Waals surface area contributed by atoms with Crippen LogP contribution in [0.5, 0.6) is 0 Å². The van der Waals surface area contributed by atoms with Crippen LogP contribution in [0.3, 0.4) is 0 Å². The number of amides is 1. The molecule has 0 radical (unpaired) electrons. The molecule has 1 amide bonds. The van der Waals surface area contributed by atoms with Gasteiger partial charge in [0.2, 0.25) is 5.91 Å². The minimum absolute atomic E-state index is 0.252. The summed E-state index contributed by atoms with van der Waals surface area (Å²) in [5, 5.41) is 0. The minimum atomic E-state index is 0.252. The molecule has 0 aliphatic carbocycles. The highest BCUT2D eigenvalue weighted by Gasteiger charge is 2.24. The molecule has 0 unspecified atom stereocenters. The molecule has 0 bridgehead atoms. The molecule has 3 heteroatoms. The highest BCUT2D eigenvalue weighted by Crippen LogP contribution is 2.23. The summed E-state index contributed by atoms with van der Waals surface area (Å²) < 4.78 is 4.93. The molecule has 0 aromatic heterocycles. The maximum absolute atomic E-state index is 11.8. The van der Waals surface area contributed by atoms with Gasteiger partial charge in [0, 0.05) is 20.2 Å². The van der Waals surface area contributed by atoms with E-state index in [0.29, 0.717) is 24.9 Å². The lowest BCUT2D eigenvalue weighted by atomic mass is 9.88. The summed E-state index contributed by atoms with van der Waals surface area (Å²) in [6.07, 6.45) is 2.95. The van der Waals surface area contributed by atoms with Gasteiger partial charge >= 0.3 is 0 Å². The van der Waals surface area contributed by atoms with Gasteiger partial charge in [-0.25, -0.2) is 0 Å². The summed E-state index contributed by atoms with van der Waals surface area (Å²) >= 11 is 0. The Kier molecular flexibility index (Phi) is 5.09. The van der Waals surface area contributed by atoms with Crippen molar-refractivity contribution in [3.8, 4) is 0 Å². The van der Waals surface area contributed by atoms with Crippen LogP contribution in [0.2, 0.25) is 0 Å². The van der Waals surface area contributed by atoms with Gasteiger partial charge in [0.15, 0.2) is 0 Å². The fraction of sp³-hybridized carbons (Fsp3) is 0.917. The number of carbonyl (C=O) groups is 1. The highest BCUT2D eigenvalue weighted by molar-refractivity contribution is 5.76. The summed E-state index contributed by atoms with van der Waals surface area (Å²) in [7, 11) is 1.64. The van der Waals surface area contributed by atoms with Crippen molar-refractivity contribution in [1.29, 1.82) is 0 Å². The van der Waals surface area contributed by atoms with E-state index in [-0.39, 0.29) is 5.91 Å². The summed E-state index contributed by atoms with van der Waals surface area (Å²) in [6, 6.07) is 0. The number of hydrogen-bond donors (Lipinski definition) is 0. The van der Waals surface area contributed by atoms with Crippen LogP contribution >= 0.6 is 0 Å². The van der Waals surface area contributed by atoms with Crippen molar-refractivity contribution in [3.63, 3.8) is 0 Å². The average Bonchev–Trinajstić information content (AvgIpc) is 2.26. The molecule has 3 nitrogen and oxygen atoms in total. The Morgan fingerprint density at radius 3 is 2.87 bits per heavy atom. The number of piperidine rings is 1. The predicted molar refractivity (Wildman–Crippen MR) is 60.6 cm³/mol. The molecule has 1 rings (SSSR count). The molecule has 15 heavy (non-hydrogen) atoms. The zero-order valence-electron chi connectivity index (χ0n) is 10.2. The molecule has 1 heterocycles. The van der Waals surface area contributed by atoms with Crippen molar-refractivity contribution < 1.29 is 9.53 Å². The molecule has 0 N–H and O–H groups in total. The van der Waals surface area contributed by atoms with E-state index in [1.54, 1.807) is 7.11 Å². The van der Waals surface area contributed by atoms with E-state index in [9.17, 15) is 4.79 Å². The molecule has 1 aliphatic rings. The first kappa shape index (κ1) is 12.5. The van der Waals surface area contributed by atoms with Gasteiger partial charge in [0.05, 0.1) is 13.0 Å². The first-order valence-corrected chi connectivity index (χ1v) is 5.92. The molecule has 88 valence electrons. The number of carbonyl (C=O) groups excluding carboxylic acids is 1. The number of methoxy groups -OCH3 is 1. The highest BCUT2D eigenvalue weighted by atomic mass is 16.5. The monoisotopic (exact) mass is 213 g/mol. The van der Waals surface area contributed by atoms with E-state index in [1.807, 2.05) is 4.90 Å². The van der Waals surface area contributed by atoms with Crippen LogP contribution in [-0.4, -0.2) is 37.6 Å². The van der Waals surface area contributed by atoms with Gasteiger partial charge in [-0.3, -0.25) is 4.79 Å². The third-order valence-corrected chi connectivity index (χ3v) is 3.27. The van der Waals surface area contributed by atoms with Gasteiger partial charge in [-0.15, -0.1) is 0 Å². The Labute approximate surface area is 92.8 Å². The molecule has 0 aromatic rings. The Balaban J connectivity index is 2.38. The number of likely N-dealkylation sites (tertiary alicyclic amines) is 1. The van der Waals surface area contributed by atoms with Crippen molar-refractivity contribution >= 4 is 5.91 Å². The fourth-order valence-corrected chi connectivity index (χ4v) is 2.13. The van der Waals surface area contributed by atoms with Crippen molar-refractivity contribution in [2.75, 3.05) is 26.8 Å². The van der Waals surface area contributed by atoms with Gasteiger partial charge in [-0.2, -0.15) is 0 Å². The average molecular weight is 213 g/mol. The van der Waals surface area contributed by atoms with Crippen molar-refractivity contribution in [3.05, 3.63) is 0 Å². The number of nitrogens with zero attached hydrogens (tertiary/aromatic N) is 1. The molecule has 1 aliphatic heterocycles. The van der Waals surface area contributed by atoms with Crippen LogP contribution in [0, 0.1) is 11.8 Å². The maximum Gasteiger partial charge on any atom is 0.224 e. The van der Waals surface area contributed by atoms with Gasteiger partial charge in [0.25, 0.3) is 0 Å². The van der Waals surface area contributed by atoms with E-state index in [2.05, 4.69) is 13.8 Å². The first-order valence-electron chi connectivity index (χ1n) is 5.92. The summed E-state index contributed by atoms with van der Waals surface area (Å²) in [5.74, 6) is 1.62. The topological polar surface area (TPSA) is 29.5 Å². The van der Waals surface area contributed by atoms with Crippen LogP contribution in [0.25, 0.3) is 0 Å².